The van der Waals surface area contributed by atoms with E-state index >= 15 is 0 Å². The molecule has 20 heavy (non-hydrogen) atoms. The average Bonchev–Trinajstić information content (AvgIpc) is 2.89. The van der Waals surface area contributed by atoms with Crippen LogP contribution in [0.25, 0.3) is 0 Å². The van der Waals surface area contributed by atoms with E-state index in [1.807, 2.05) is 12.1 Å². The quantitative estimate of drug-likeness (QED) is 0.842. The van der Waals surface area contributed by atoms with Gasteiger partial charge in [-0.3, -0.25) is 9.69 Å². The number of likely N-dealkylation sites (tertiary alicyclic amines) is 1. The van der Waals surface area contributed by atoms with Crippen molar-refractivity contribution in [2.75, 3.05) is 6.54 Å². The molecule has 0 aromatic heterocycles. The van der Waals surface area contributed by atoms with Crippen molar-refractivity contribution < 1.29 is 9.90 Å². The number of carbonyl (C=O) groups is 1. The number of hydrogen-bond acceptors (Lipinski definition) is 2. The smallest absolute Gasteiger partial charge is 0.320 e. The van der Waals surface area contributed by atoms with Crippen LogP contribution in [-0.4, -0.2) is 28.6 Å². The molecule has 2 atom stereocenters. The maximum atomic E-state index is 11.4. The fourth-order valence-corrected chi connectivity index (χ4v) is 3.48. The number of aliphatic carboxylic acids is 1. The van der Waals surface area contributed by atoms with Crippen molar-refractivity contribution in [3.63, 3.8) is 0 Å². The molecule has 1 heterocycles. The summed E-state index contributed by atoms with van der Waals surface area (Å²) in [7, 11) is 0. The van der Waals surface area contributed by atoms with Gasteiger partial charge in [0, 0.05) is 10.5 Å². The summed E-state index contributed by atoms with van der Waals surface area (Å²) >= 11 is 3.52. The van der Waals surface area contributed by atoms with Crippen molar-refractivity contribution in [3.05, 3.63) is 34.3 Å². The summed E-state index contributed by atoms with van der Waals surface area (Å²) in [6.45, 7) is 3.06. The van der Waals surface area contributed by atoms with Gasteiger partial charge in [-0.1, -0.05) is 47.8 Å². The first-order valence-electron chi connectivity index (χ1n) is 7.37. The Morgan fingerprint density at radius 1 is 1.55 bits per heavy atom. The van der Waals surface area contributed by atoms with Gasteiger partial charge >= 0.3 is 5.97 Å². The molecule has 1 aromatic rings. The molecule has 2 unspecified atom stereocenters. The van der Waals surface area contributed by atoms with Gasteiger partial charge in [-0.05, 0) is 43.5 Å². The number of halogens is 1. The molecule has 1 aromatic carbocycles. The predicted molar refractivity (Wildman–Crippen MR) is 83.8 cm³/mol. The van der Waals surface area contributed by atoms with Crippen molar-refractivity contribution in [2.45, 2.75) is 51.1 Å². The number of unbranched alkanes of at least 4 members (excludes halogenated alkanes) is 1. The van der Waals surface area contributed by atoms with Crippen LogP contribution in [0.5, 0.6) is 0 Å². The minimum Gasteiger partial charge on any atom is -0.480 e. The van der Waals surface area contributed by atoms with Crippen LogP contribution < -0.4 is 0 Å². The van der Waals surface area contributed by atoms with Crippen molar-refractivity contribution in [3.8, 4) is 0 Å². The fraction of sp³-hybridized carbons (Fsp3) is 0.562. The molecule has 0 spiro atoms. The second-order valence-electron chi connectivity index (χ2n) is 5.45. The molecular weight excluding hydrogens is 318 g/mol. The largest absolute Gasteiger partial charge is 0.480 e. The van der Waals surface area contributed by atoms with E-state index in [-0.39, 0.29) is 12.1 Å². The predicted octanol–water partition coefficient (Wildman–Crippen LogP) is 4.23. The molecule has 1 saturated heterocycles. The molecule has 4 heteroatoms. The Labute approximate surface area is 129 Å². The molecule has 0 saturated carbocycles. The Kier molecular flexibility index (Phi) is 5.61. The summed E-state index contributed by atoms with van der Waals surface area (Å²) in [6, 6.07) is 8.18. The second kappa shape index (κ2) is 7.23. The molecule has 1 aliphatic rings. The van der Waals surface area contributed by atoms with Crippen molar-refractivity contribution in [2.24, 2.45) is 0 Å². The molecular formula is C16H22BrNO2. The molecule has 3 nitrogen and oxygen atoms in total. The van der Waals surface area contributed by atoms with Crippen LogP contribution in [0.4, 0.5) is 0 Å². The molecule has 1 fully saturated rings. The minimum atomic E-state index is -0.681. The van der Waals surface area contributed by atoms with E-state index in [0.717, 1.165) is 43.1 Å². The second-order valence-corrected chi connectivity index (χ2v) is 6.36. The van der Waals surface area contributed by atoms with Crippen LogP contribution in [0.1, 0.15) is 50.6 Å². The molecule has 0 amide bonds. The van der Waals surface area contributed by atoms with Crippen molar-refractivity contribution in [1.82, 2.24) is 4.90 Å². The van der Waals surface area contributed by atoms with Crippen LogP contribution in [0.3, 0.4) is 0 Å². The Hall–Kier alpha value is -0.870. The zero-order valence-corrected chi connectivity index (χ0v) is 13.5. The zero-order valence-electron chi connectivity index (χ0n) is 11.9. The van der Waals surface area contributed by atoms with Crippen LogP contribution in [-0.2, 0) is 4.79 Å². The first kappa shape index (κ1) is 15.5. The molecule has 0 bridgehead atoms. The summed E-state index contributed by atoms with van der Waals surface area (Å²) in [5.74, 6) is -0.681. The average molecular weight is 340 g/mol. The molecule has 1 N–H and O–H groups in total. The third-order valence-corrected chi connectivity index (χ3v) is 4.54. The number of hydrogen-bond donors (Lipinski definition) is 1. The maximum Gasteiger partial charge on any atom is 0.320 e. The summed E-state index contributed by atoms with van der Waals surface area (Å²) < 4.78 is 1.06. The lowest BCUT2D eigenvalue weighted by Crippen LogP contribution is -2.38. The minimum absolute atomic E-state index is 0.219. The lowest BCUT2D eigenvalue weighted by atomic mass is 9.98. The summed E-state index contributed by atoms with van der Waals surface area (Å²) in [4.78, 5) is 13.6. The number of carboxylic acid groups (broad SMARTS) is 1. The molecule has 110 valence electrons. The number of nitrogens with zero attached hydrogens (tertiary/aromatic N) is 1. The Balaban J connectivity index is 2.25. The van der Waals surface area contributed by atoms with Gasteiger partial charge in [-0.15, -0.1) is 0 Å². The fourth-order valence-electron chi connectivity index (χ4n) is 3.06. The Morgan fingerprint density at radius 3 is 3.00 bits per heavy atom. The maximum absolute atomic E-state index is 11.4. The third-order valence-electron chi connectivity index (χ3n) is 4.04. The lowest BCUT2D eigenvalue weighted by molar-refractivity contribution is -0.143. The topological polar surface area (TPSA) is 40.5 Å². The number of benzene rings is 1. The number of carboxylic acids is 1. The van der Waals surface area contributed by atoms with E-state index in [1.54, 1.807) is 0 Å². The Morgan fingerprint density at radius 2 is 2.35 bits per heavy atom. The highest BCUT2D eigenvalue weighted by atomic mass is 79.9. The highest BCUT2D eigenvalue weighted by Crippen LogP contribution is 2.34. The van der Waals surface area contributed by atoms with E-state index in [9.17, 15) is 9.90 Å². The zero-order chi connectivity index (χ0) is 14.5. The monoisotopic (exact) mass is 339 g/mol. The Bertz CT molecular complexity index is 464. The molecule has 2 rings (SSSR count). The van der Waals surface area contributed by atoms with Crippen LogP contribution in [0, 0.1) is 0 Å². The van der Waals surface area contributed by atoms with Gasteiger partial charge in [-0.2, -0.15) is 0 Å². The summed E-state index contributed by atoms with van der Waals surface area (Å²) in [6.07, 6.45) is 5.03. The number of rotatable bonds is 6. The molecule has 0 radical (unpaired) electrons. The van der Waals surface area contributed by atoms with Gasteiger partial charge in [0.2, 0.25) is 0 Å². The SMILES string of the molecule is CCCCC(c1cccc(Br)c1)N1CCCC1C(=O)O. The lowest BCUT2D eigenvalue weighted by Gasteiger charge is -2.31. The highest BCUT2D eigenvalue weighted by molar-refractivity contribution is 9.10. The van der Waals surface area contributed by atoms with Gasteiger partial charge in [0.05, 0.1) is 0 Å². The molecule has 0 aliphatic carbocycles. The summed E-state index contributed by atoms with van der Waals surface area (Å²) in [5, 5.41) is 9.41. The normalized spacial score (nSPS) is 21.0. The van der Waals surface area contributed by atoms with Gasteiger partial charge in [0.1, 0.15) is 6.04 Å². The first-order valence-corrected chi connectivity index (χ1v) is 8.16. The van der Waals surface area contributed by atoms with Gasteiger partial charge in [0.25, 0.3) is 0 Å². The van der Waals surface area contributed by atoms with Gasteiger partial charge < -0.3 is 5.11 Å². The van der Waals surface area contributed by atoms with Crippen LogP contribution in [0.2, 0.25) is 0 Å². The van der Waals surface area contributed by atoms with Crippen LogP contribution in [0.15, 0.2) is 28.7 Å². The van der Waals surface area contributed by atoms with E-state index in [2.05, 4.69) is 39.9 Å². The first-order chi connectivity index (χ1) is 9.63. The van der Waals surface area contributed by atoms with Crippen LogP contribution >= 0.6 is 15.9 Å². The van der Waals surface area contributed by atoms with E-state index < -0.39 is 5.97 Å². The van der Waals surface area contributed by atoms with Gasteiger partial charge in [-0.25, -0.2) is 0 Å². The standard InChI is InChI=1S/C16H22BrNO2/c1-2-3-8-14(12-6-4-7-13(17)11-12)18-10-5-9-15(18)16(19)20/h4,6-7,11,14-15H,2-3,5,8-10H2,1H3,(H,19,20). The van der Waals surface area contributed by atoms with Crippen molar-refractivity contribution in [1.29, 1.82) is 0 Å². The van der Waals surface area contributed by atoms with E-state index in [1.165, 1.54) is 5.56 Å². The van der Waals surface area contributed by atoms with E-state index in [0.29, 0.717) is 0 Å². The highest BCUT2D eigenvalue weighted by Gasteiger charge is 2.35. The molecule has 1 aliphatic heterocycles. The summed E-state index contributed by atoms with van der Waals surface area (Å²) in [5.41, 5.74) is 1.22. The van der Waals surface area contributed by atoms with E-state index in [4.69, 9.17) is 0 Å². The third kappa shape index (κ3) is 3.61. The van der Waals surface area contributed by atoms with Gasteiger partial charge in [0.15, 0.2) is 0 Å². The van der Waals surface area contributed by atoms with Crippen molar-refractivity contribution >= 4 is 21.9 Å².